The highest BCUT2D eigenvalue weighted by Crippen LogP contribution is 2.24. The Morgan fingerprint density at radius 2 is 1.92 bits per heavy atom. The van der Waals surface area contributed by atoms with Crippen molar-refractivity contribution < 1.29 is 0 Å². The van der Waals surface area contributed by atoms with Crippen LogP contribution in [-0.2, 0) is 0 Å². The molecule has 1 unspecified atom stereocenters. The molecule has 70 valence electrons. The summed E-state index contributed by atoms with van der Waals surface area (Å²) < 4.78 is 0. The van der Waals surface area contributed by atoms with Gasteiger partial charge in [0.15, 0.2) is 0 Å². The fourth-order valence-corrected chi connectivity index (χ4v) is 1.54. The van der Waals surface area contributed by atoms with E-state index in [1.165, 1.54) is 24.0 Å². The second-order valence-electron chi connectivity index (χ2n) is 3.58. The van der Waals surface area contributed by atoms with E-state index in [1.54, 1.807) is 0 Å². The van der Waals surface area contributed by atoms with Crippen molar-refractivity contribution in [3.63, 3.8) is 0 Å². The first-order valence-electron chi connectivity index (χ1n) is 5.00. The van der Waals surface area contributed by atoms with Gasteiger partial charge in [-0.1, -0.05) is 57.2 Å². The van der Waals surface area contributed by atoms with Gasteiger partial charge in [0.2, 0.25) is 0 Å². The molecule has 0 heteroatoms. The van der Waals surface area contributed by atoms with Gasteiger partial charge in [-0.3, -0.25) is 0 Å². The Morgan fingerprint density at radius 1 is 1.31 bits per heavy atom. The zero-order valence-corrected chi connectivity index (χ0v) is 8.59. The third-order valence-electron chi connectivity index (χ3n) is 2.46. The molecule has 0 aliphatic rings. The summed E-state index contributed by atoms with van der Waals surface area (Å²) in [6.45, 7) is 8.61. The van der Waals surface area contributed by atoms with Crippen LogP contribution in [0.2, 0.25) is 0 Å². The lowest BCUT2D eigenvalue weighted by atomic mass is 9.92. The van der Waals surface area contributed by atoms with Crippen LogP contribution in [0.1, 0.15) is 32.3 Å². The third kappa shape index (κ3) is 2.73. The van der Waals surface area contributed by atoms with Gasteiger partial charge in [-0.2, -0.15) is 0 Å². The van der Waals surface area contributed by atoms with Crippen molar-refractivity contribution in [2.24, 2.45) is 5.92 Å². The molecule has 0 aromatic heterocycles. The van der Waals surface area contributed by atoms with Crippen molar-refractivity contribution in [3.05, 3.63) is 42.5 Å². The van der Waals surface area contributed by atoms with E-state index in [0.717, 1.165) is 0 Å². The van der Waals surface area contributed by atoms with E-state index in [2.05, 4.69) is 44.7 Å². The lowest BCUT2D eigenvalue weighted by Gasteiger charge is -2.13. The number of allylic oxidation sites excluding steroid dienone is 1. The van der Waals surface area contributed by atoms with Gasteiger partial charge in [0.05, 0.1) is 0 Å². The van der Waals surface area contributed by atoms with Gasteiger partial charge >= 0.3 is 0 Å². The summed E-state index contributed by atoms with van der Waals surface area (Å²) in [5.41, 5.74) is 2.55. The Labute approximate surface area is 81.3 Å². The zero-order chi connectivity index (χ0) is 9.68. The Balaban J connectivity index is 2.68. The highest BCUT2D eigenvalue weighted by Gasteiger charge is 2.06. The molecule has 0 radical (unpaired) electrons. The predicted molar refractivity (Wildman–Crippen MR) is 59.5 cm³/mol. The molecule has 0 nitrogen and oxygen atoms in total. The molecule has 0 heterocycles. The third-order valence-corrected chi connectivity index (χ3v) is 2.46. The van der Waals surface area contributed by atoms with Crippen LogP contribution in [-0.4, -0.2) is 0 Å². The highest BCUT2D eigenvalue weighted by atomic mass is 14.1. The van der Waals surface area contributed by atoms with E-state index in [-0.39, 0.29) is 0 Å². The van der Waals surface area contributed by atoms with Crippen LogP contribution in [0.3, 0.4) is 0 Å². The Kier molecular flexibility index (Phi) is 3.75. The largest absolute Gasteiger partial charge is 0.0950 e. The Hall–Kier alpha value is -1.04. The van der Waals surface area contributed by atoms with Crippen LogP contribution < -0.4 is 0 Å². The van der Waals surface area contributed by atoms with Crippen molar-refractivity contribution in [2.45, 2.75) is 26.7 Å². The van der Waals surface area contributed by atoms with Gasteiger partial charge in [-0.25, -0.2) is 0 Å². The summed E-state index contributed by atoms with van der Waals surface area (Å²) in [4.78, 5) is 0. The summed E-state index contributed by atoms with van der Waals surface area (Å²) in [7, 11) is 0. The first-order chi connectivity index (χ1) is 6.25. The normalized spacial score (nSPS) is 12.5. The molecule has 0 aliphatic heterocycles. The lowest BCUT2D eigenvalue weighted by Crippen LogP contribution is -1.96. The maximum atomic E-state index is 4.14. The van der Waals surface area contributed by atoms with Crippen LogP contribution in [0.15, 0.2) is 36.9 Å². The van der Waals surface area contributed by atoms with E-state index in [4.69, 9.17) is 0 Å². The van der Waals surface area contributed by atoms with Gasteiger partial charge in [0.1, 0.15) is 0 Å². The van der Waals surface area contributed by atoms with E-state index < -0.39 is 0 Å². The van der Waals surface area contributed by atoms with E-state index in [0.29, 0.717) is 5.92 Å². The number of hydrogen-bond donors (Lipinski definition) is 0. The summed E-state index contributed by atoms with van der Waals surface area (Å²) in [6.07, 6.45) is 2.46. The number of hydrogen-bond acceptors (Lipinski definition) is 0. The van der Waals surface area contributed by atoms with Crippen molar-refractivity contribution >= 4 is 5.57 Å². The molecular weight excluding hydrogens is 156 g/mol. The number of benzene rings is 1. The average molecular weight is 174 g/mol. The SMILES string of the molecule is C=C(c1ccccc1)C(C)CCC. The van der Waals surface area contributed by atoms with E-state index in [9.17, 15) is 0 Å². The van der Waals surface area contributed by atoms with Crippen molar-refractivity contribution in [2.75, 3.05) is 0 Å². The minimum absolute atomic E-state index is 0.604. The topological polar surface area (TPSA) is 0 Å². The minimum Gasteiger partial charge on any atom is -0.0950 e. The molecule has 1 rings (SSSR count). The van der Waals surface area contributed by atoms with Crippen molar-refractivity contribution in [1.82, 2.24) is 0 Å². The van der Waals surface area contributed by atoms with Gasteiger partial charge in [0.25, 0.3) is 0 Å². The summed E-state index contributed by atoms with van der Waals surface area (Å²) in [5.74, 6) is 0.604. The average Bonchev–Trinajstić information content (AvgIpc) is 2.18. The molecule has 13 heavy (non-hydrogen) atoms. The molecule has 0 saturated heterocycles. The molecule has 0 N–H and O–H groups in total. The Morgan fingerprint density at radius 3 is 2.46 bits per heavy atom. The molecule has 1 atom stereocenters. The number of rotatable bonds is 4. The molecule has 0 spiro atoms. The monoisotopic (exact) mass is 174 g/mol. The first kappa shape index (κ1) is 10.0. The Bertz CT molecular complexity index is 259. The first-order valence-corrected chi connectivity index (χ1v) is 5.00. The molecular formula is C13H18. The second kappa shape index (κ2) is 4.86. The van der Waals surface area contributed by atoms with Gasteiger partial charge < -0.3 is 0 Å². The lowest BCUT2D eigenvalue weighted by molar-refractivity contribution is 0.651. The molecule has 0 amide bonds. The fraction of sp³-hybridized carbons (Fsp3) is 0.385. The maximum Gasteiger partial charge on any atom is -0.0190 e. The molecule has 0 bridgehead atoms. The van der Waals surface area contributed by atoms with Gasteiger partial charge in [-0.05, 0) is 23.5 Å². The van der Waals surface area contributed by atoms with Crippen molar-refractivity contribution in [3.8, 4) is 0 Å². The van der Waals surface area contributed by atoms with Crippen molar-refractivity contribution in [1.29, 1.82) is 0 Å². The molecule has 1 aromatic rings. The quantitative estimate of drug-likeness (QED) is 0.643. The van der Waals surface area contributed by atoms with Crippen LogP contribution >= 0.6 is 0 Å². The second-order valence-corrected chi connectivity index (χ2v) is 3.58. The van der Waals surface area contributed by atoms with Gasteiger partial charge in [-0.15, -0.1) is 0 Å². The summed E-state index contributed by atoms with van der Waals surface area (Å²) >= 11 is 0. The molecule has 0 aliphatic carbocycles. The van der Waals surface area contributed by atoms with Gasteiger partial charge in [0, 0.05) is 0 Å². The van der Waals surface area contributed by atoms with Crippen LogP contribution in [0.25, 0.3) is 5.57 Å². The zero-order valence-electron chi connectivity index (χ0n) is 8.59. The van der Waals surface area contributed by atoms with Crippen LogP contribution in [0.4, 0.5) is 0 Å². The van der Waals surface area contributed by atoms with Crippen LogP contribution in [0.5, 0.6) is 0 Å². The van der Waals surface area contributed by atoms with E-state index in [1.807, 2.05) is 6.07 Å². The molecule has 0 fully saturated rings. The fourth-order valence-electron chi connectivity index (χ4n) is 1.54. The highest BCUT2D eigenvalue weighted by molar-refractivity contribution is 5.64. The summed E-state index contributed by atoms with van der Waals surface area (Å²) in [5, 5.41) is 0. The molecule has 1 aromatic carbocycles. The molecule has 0 saturated carbocycles. The smallest absolute Gasteiger partial charge is 0.0190 e. The van der Waals surface area contributed by atoms with Crippen LogP contribution in [0, 0.1) is 5.92 Å². The minimum atomic E-state index is 0.604. The maximum absolute atomic E-state index is 4.14. The summed E-state index contributed by atoms with van der Waals surface area (Å²) in [6, 6.07) is 10.4. The predicted octanol–water partition coefficient (Wildman–Crippen LogP) is 4.14. The standard InChI is InChI=1S/C13H18/c1-4-8-11(2)12(3)13-9-6-5-7-10-13/h5-7,9-11H,3-4,8H2,1-2H3. The van der Waals surface area contributed by atoms with E-state index >= 15 is 0 Å².